The van der Waals surface area contributed by atoms with Crippen LogP contribution in [0.25, 0.3) is 0 Å². The second kappa shape index (κ2) is 8.11. The molecule has 0 aromatic carbocycles. The summed E-state index contributed by atoms with van der Waals surface area (Å²) in [5.41, 5.74) is 0. The van der Waals surface area contributed by atoms with Crippen molar-refractivity contribution in [2.45, 2.75) is 32.2 Å². The molecule has 2 N–H and O–H groups in total. The maximum Gasteiger partial charge on any atom is 0.321 e. The van der Waals surface area contributed by atoms with Crippen molar-refractivity contribution in [3.63, 3.8) is 0 Å². The topological polar surface area (TPSA) is 58.2 Å². The van der Waals surface area contributed by atoms with Gasteiger partial charge >= 0.3 is 6.03 Å². The number of alkyl halides is 1. The van der Waals surface area contributed by atoms with Crippen molar-refractivity contribution in [1.82, 2.24) is 10.6 Å². The third kappa shape index (κ3) is 5.06. The highest BCUT2D eigenvalue weighted by Crippen LogP contribution is 2.22. The first-order valence-electron chi connectivity index (χ1n) is 5.87. The summed E-state index contributed by atoms with van der Waals surface area (Å²) >= 11 is 7.02. The molecule has 0 radical (unpaired) electrons. The maximum atomic E-state index is 11.6. The Bertz CT molecular complexity index is 381. The van der Waals surface area contributed by atoms with Gasteiger partial charge in [0.05, 0.1) is 6.04 Å². The Morgan fingerprint density at radius 3 is 2.83 bits per heavy atom. The second-order valence-electron chi connectivity index (χ2n) is 3.82. The average molecular weight is 289 g/mol. The number of rotatable bonds is 6. The van der Waals surface area contributed by atoms with Gasteiger partial charge in [-0.1, -0.05) is 19.4 Å². The Morgan fingerprint density at radius 2 is 2.28 bits per heavy atom. The Morgan fingerprint density at radius 1 is 1.50 bits per heavy atom. The molecular weight excluding hydrogens is 272 g/mol. The molecule has 0 saturated carbocycles. The van der Waals surface area contributed by atoms with Crippen LogP contribution in [0.15, 0.2) is 17.5 Å². The molecule has 100 valence electrons. The summed E-state index contributed by atoms with van der Waals surface area (Å²) in [6, 6.07) is 3.42. The summed E-state index contributed by atoms with van der Waals surface area (Å²) in [5, 5.41) is 7.04. The van der Waals surface area contributed by atoms with Crippen LogP contribution in [-0.2, 0) is 4.79 Å². The minimum Gasteiger partial charge on any atom is -0.330 e. The highest BCUT2D eigenvalue weighted by Gasteiger charge is 2.15. The number of amides is 3. The lowest BCUT2D eigenvalue weighted by Gasteiger charge is -2.16. The van der Waals surface area contributed by atoms with Crippen LogP contribution in [0.4, 0.5) is 4.79 Å². The van der Waals surface area contributed by atoms with E-state index in [-0.39, 0.29) is 24.2 Å². The molecule has 0 aliphatic heterocycles. The van der Waals surface area contributed by atoms with Crippen molar-refractivity contribution >= 4 is 34.9 Å². The monoisotopic (exact) mass is 288 g/mol. The van der Waals surface area contributed by atoms with Gasteiger partial charge < -0.3 is 5.32 Å². The lowest BCUT2D eigenvalue weighted by molar-refractivity contribution is -0.119. The zero-order valence-electron chi connectivity index (χ0n) is 10.2. The first-order valence-corrected chi connectivity index (χ1v) is 7.28. The van der Waals surface area contributed by atoms with Crippen molar-refractivity contribution in [3.8, 4) is 0 Å². The van der Waals surface area contributed by atoms with Crippen molar-refractivity contribution < 1.29 is 9.59 Å². The van der Waals surface area contributed by atoms with Crippen molar-refractivity contribution in [2.24, 2.45) is 0 Å². The molecule has 0 aliphatic rings. The number of imide groups is 1. The van der Waals surface area contributed by atoms with Crippen LogP contribution in [0, 0.1) is 0 Å². The quantitative estimate of drug-likeness (QED) is 0.791. The summed E-state index contributed by atoms with van der Waals surface area (Å²) < 4.78 is 0. The molecule has 1 aromatic heterocycles. The van der Waals surface area contributed by atoms with Gasteiger partial charge in [0.1, 0.15) is 0 Å². The molecule has 0 bridgehead atoms. The molecule has 0 spiro atoms. The molecule has 0 fully saturated rings. The van der Waals surface area contributed by atoms with Gasteiger partial charge in [0.25, 0.3) is 0 Å². The zero-order valence-corrected chi connectivity index (χ0v) is 11.8. The molecule has 6 heteroatoms. The molecule has 3 amide bonds. The number of hydrogen-bond acceptors (Lipinski definition) is 3. The van der Waals surface area contributed by atoms with E-state index in [1.54, 1.807) is 11.3 Å². The number of halogens is 1. The molecule has 1 heterocycles. The SMILES string of the molecule is CCCC(NC(=O)NC(=O)CCCl)c1cccs1. The highest BCUT2D eigenvalue weighted by molar-refractivity contribution is 7.10. The summed E-state index contributed by atoms with van der Waals surface area (Å²) in [6.07, 6.45) is 1.95. The Hall–Kier alpha value is -1.07. The Balaban J connectivity index is 2.51. The van der Waals surface area contributed by atoms with Crippen LogP contribution in [0.2, 0.25) is 0 Å². The standard InChI is InChI=1S/C12H17ClN2O2S/c1-2-4-9(10-5-3-8-18-10)14-12(17)15-11(16)6-7-13/h3,5,8-9H,2,4,6-7H2,1H3,(H2,14,15,16,17). The lowest BCUT2D eigenvalue weighted by atomic mass is 10.1. The molecule has 0 aliphatic carbocycles. The predicted molar refractivity (Wildman–Crippen MR) is 74.0 cm³/mol. The van der Waals surface area contributed by atoms with Gasteiger partial charge in [0, 0.05) is 17.2 Å². The fourth-order valence-electron chi connectivity index (χ4n) is 1.53. The predicted octanol–water partition coefficient (Wildman–Crippen LogP) is 3.04. The van der Waals surface area contributed by atoms with Crippen LogP contribution in [0.1, 0.15) is 37.1 Å². The molecule has 4 nitrogen and oxygen atoms in total. The van der Waals surface area contributed by atoms with Crippen LogP contribution in [0.5, 0.6) is 0 Å². The Labute approximate surface area is 116 Å². The number of carbonyl (C=O) groups excluding carboxylic acids is 2. The summed E-state index contributed by atoms with van der Waals surface area (Å²) in [6.45, 7) is 2.05. The van der Waals surface area contributed by atoms with E-state index in [1.807, 2.05) is 17.5 Å². The molecule has 1 atom stereocenters. The van der Waals surface area contributed by atoms with E-state index in [9.17, 15) is 9.59 Å². The van der Waals surface area contributed by atoms with Gasteiger partial charge in [0.2, 0.25) is 5.91 Å². The van der Waals surface area contributed by atoms with E-state index < -0.39 is 6.03 Å². The average Bonchev–Trinajstić information content (AvgIpc) is 2.81. The van der Waals surface area contributed by atoms with Crippen molar-refractivity contribution in [3.05, 3.63) is 22.4 Å². The third-order valence-corrected chi connectivity index (χ3v) is 3.52. The molecular formula is C12H17ClN2O2S. The Kier molecular flexibility index (Phi) is 6.75. The largest absolute Gasteiger partial charge is 0.330 e. The van der Waals surface area contributed by atoms with E-state index in [0.717, 1.165) is 17.7 Å². The minimum absolute atomic E-state index is 0.0428. The van der Waals surface area contributed by atoms with Gasteiger partial charge in [-0.25, -0.2) is 4.79 Å². The molecule has 1 rings (SSSR count). The number of urea groups is 1. The van der Waals surface area contributed by atoms with Gasteiger partial charge in [-0.2, -0.15) is 0 Å². The molecule has 0 saturated heterocycles. The van der Waals surface area contributed by atoms with Crippen LogP contribution in [0.3, 0.4) is 0 Å². The van der Waals surface area contributed by atoms with Gasteiger partial charge in [-0.15, -0.1) is 22.9 Å². The summed E-state index contributed by atoms with van der Waals surface area (Å²) in [5.74, 6) is -0.147. The number of hydrogen-bond donors (Lipinski definition) is 2. The van der Waals surface area contributed by atoms with Crippen LogP contribution in [-0.4, -0.2) is 17.8 Å². The zero-order chi connectivity index (χ0) is 13.4. The normalized spacial score (nSPS) is 11.9. The first-order chi connectivity index (χ1) is 8.67. The van der Waals surface area contributed by atoms with Gasteiger partial charge in [0.15, 0.2) is 0 Å². The number of thiophene rings is 1. The lowest BCUT2D eigenvalue weighted by Crippen LogP contribution is -2.41. The fraction of sp³-hybridized carbons (Fsp3) is 0.500. The maximum absolute atomic E-state index is 11.6. The highest BCUT2D eigenvalue weighted by atomic mass is 35.5. The van der Waals surface area contributed by atoms with Gasteiger partial charge in [-0.05, 0) is 17.9 Å². The molecule has 1 aromatic rings. The van der Waals surface area contributed by atoms with Crippen LogP contribution >= 0.6 is 22.9 Å². The van der Waals surface area contributed by atoms with Gasteiger partial charge in [-0.3, -0.25) is 10.1 Å². The van der Waals surface area contributed by atoms with Crippen molar-refractivity contribution in [2.75, 3.05) is 5.88 Å². The fourth-order valence-corrected chi connectivity index (χ4v) is 2.52. The minimum atomic E-state index is -0.461. The number of carbonyl (C=O) groups is 2. The van der Waals surface area contributed by atoms with E-state index in [4.69, 9.17) is 11.6 Å². The summed E-state index contributed by atoms with van der Waals surface area (Å²) in [4.78, 5) is 23.9. The molecule has 18 heavy (non-hydrogen) atoms. The van der Waals surface area contributed by atoms with E-state index >= 15 is 0 Å². The summed E-state index contributed by atoms with van der Waals surface area (Å²) in [7, 11) is 0. The third-order valence-electron chi connectivity index (χ3n) is 2.34. The van der Waals surface area contributed by atoms with E-state index in [0.29, 0.717) is 0 Å². The smallest absolute Gasteiger partial charge is 0.321 e. The molecule has 1 unspecified atom stereocenters. The van der Waals surface area contributed by atoms with Crippen molar-refractivity contribution in [1.29, 1.82) is 0 Å². The number of nitrogens with one attached hydrogen (secondary N) is 2. The van der Waals surface area contributed by atoms with Crippen LogP contribution < -0.4 is 10.6 Å². The second-order valence-corrected chi connectivity index (χ2v) is 5.17. The van der Waals surface area contributed by atoms with E-state index in [1.165, 1.54) is 0 Å². The first kappa shape index (κ1) is 15.0. The van der Waals surface area contributed by atoms with E-state index in [2.05, 4.69) is 17.6 Å².